The minimum Gasteiger partial charge on any atom is -0.481 e. The number of hydrogen-bond acceptors (Lipinski definition) is 2. The van der Waals surface area contributed by atoms with E-state index in [1.54, 1.807) is 0 Å². The minimum absolute atomic E-state index is 0.00527. The lowest BCUT2D eigenvalue weighted by atomic mass is 9.38. The number of carboxylic acid groups (broad SMARTS) is 1. The van der Waals surface area contributed by atoms with Crippen molar-refractivity contribution in [2.24, 2.45) is 51.8 Å². The van der Waals surface area contributed by atoms with Gasteiger partial charge in [-0.25, -0.2) is 0 Å². The van der Waals surface area contributed by atoms with Crippen LogP contribution in [0.2, 0.25) is 0 Å². The highest BCUT2D eigenvalue weighted by atomic mass is 16.4. The first-order valence-electron chi connectivity index (χ1n) is 12.6. The molecule has 5 aliphatic rings. The van der Waals surface area contributed by atoms with Gasteiger partial charge in [-0.15, -0.1) is 0 Å². The molecule has 5 aliphatic carbocycles. The molecule has 0 saturated heterocycles. The van der Waals surface area contributed by atoms with E-state index in [0.717, 1.165) is 44.4 Å². The third-order valence-corrected chi connectivity index (χ3v) is 11.1. The van der Waals surface area contributed by atoms with E-state index in [2.05, 4.69) is 27.7 Å². The molecule has 0 spiro atoms. The quantitative estimate of drug-likeness (QED) is 0.552. The summed E-state index contributed by atoms with van der Waals surface area (Å²) < 4.78 is 0. The van der Waals surface area contributed by atoms with Gasteiger partial charge in [0.05, 0.1) is 5.41 Å². The summed E-state index contributed by atoms with van der Waals surface area (Å²) in [5, 5.41) is 10.3. The van der Waals surface area contributed by atoms with Crippen LogP contribution in [0.3, 0.4) is 0 Å². The normalized spacial score (nSPS) is 52.9. The Morgan fingerprint density at radius 3 is 2.37 bits per heavy atom. The minimum atomic E-state index is -0.635. The van der Waals surface area contributed by atoms with Gasteiger partial charge in [-0.2, -0.15) is 0 Å². The maximum Gasteiger partial charge on any atom is 0.310 e. The molecule has 5 rings (SSSR count). The molecule has 1 N–H and O–H groups in total. The summed E-state index contributed by atoms with van der Waals surface area (Å²) in [7, 11) is 0. The first kappa shape index (κ1) is 20.8. The second-order valence-corrected chi connectivity index (χ2v) is 12.4. The molecule has 0 aromatic carbocycles. The number of carbonyl (C=O) groups excluding carboxylic acids is 1. The van der Waals surface area contributed by atoms with E-state index < -0.39 is 11.4 Å². The zero-order valence-electron chi connectivity index (χ0n) is 19.4. The SMILES string of the molecule is CC1CCCC2(C(=O)O)CCC3C(=CC(=O)C4C3(C)CCC3C(C)CCCC34C)C12. The van der Waals surface area contributed by atoms with Gasteiger partial charge < -0.3 is 5.11 Å². The van der Waals surface area contributed by atoms with E-state index in [0.29, 0.717) is 23.5 Å². The van der Waals surface area contributed by atoms with Crippen LogP contribution in [0.15, 0.2) is 11.6 Å². The molecule has 0 bridgehead atoms. The van der Waals surface area contributed by atoms with Crippen molar-refractivity contribution < 1.29 is 14.7 Å². The summed E-state index contributed by atoms with van der Waals surface area (Å²) in [6.07, 6.45) is 12.8. The van der Waals surface area contributed by atoms with Gasteiger partial charge in [-0.05, 0) is 85.0 Å². The molecule has 166 valence electrons. The van der Waals surface area contributed by atoms with Crippen LogP contribution in [0.4, 0.5) is 0 Å². The number of hydrogen-bond donors (Lipinski definition) is 1. The summed E-state index contributed by atoms with van der Waals surface area (Å²) in [6, 6.07) is 0. The second-order valence-electron chi connectivity index (χ2n) is 12.4. The van der Waals surface area contributed by atoms with Crippen LogP contribution in [-0.4, -0.2) is 16.9 Å². The Labute approximate surface area is 182 Å². The third-order valence-electron chi connectivity index (χ3n) is 11.1. The molecule has 0 aromatic rings. The molecule has 30 heavy (non-hydrogen) atoms. The molecule has 0 aromatic heterocycles. The van der Waals surface area contributed by atoms with E-state index in [1.165, 1.54) is 31.3 Å². The van der Waals surface area contributed by atoms with Crippen molar-refractivity contribution in [1.29, 1.82) is 0 Å². The second kappa shape index (κ2) is 6.69. The van der Waals surface area contributed by atoms with Gasteiger partial charge in [0.25, 0.3) is 0 Å². The van der Waals surface area contributed by atoms with Gasteiger partial charge in [0, 0.05) is 5.92 Å². The molecular weight excluding hydrogens is 372 g/mol. The van der Waals surface area contributed by atoms with E-state index >= 15 is 0 Å². The average molecular weight is 413 g/mol. The molecule has 0 amide bonds. The molecular formula is C27H40O3. The van der Waals surface area contributed by atoms with Crippen molar-refractivity contribution in [3.8, 4) is 0 Å². The number of ketones is 1. The summed E-state index contributed by atoms with van der Waals surface area (Å²) in [6.45, 7) is 9.49. The predicted octanol–water partition coefficient (Wildman–Crippen LogP) is 6.27. The van der Waals surface area contributed by atoms with Crippen LogP contribution in [0, 0.1) is 51.8 Å². The summed E-state index contributed by atoms with van der Waals surface area (Å²) in [5.74, 6) is 2.04. The summed E-state index contributed by atoms with van der Waals surface area (Å²) >= 11 is 0. The first-order valence-corrected chi connectivity index (χ1v) is 12.6. The number of rotatable bonds is 1. The van der Waals surface area contributed by atoms with Crippen LogP contribution < -0.4 is 0 Å². The Morgan fingerprint density at radius 2 is 1.63 bits per heavy atom. The molecule has 0 heterocycles. The Hall–Kier alpha value is -1.12. The van der Waals surface area contributed by atoms with E-state index in [4.69, 9.17) is 0 Å². The molecule has 4 saturated carbocycles. The lowest BCUT2D eigenvalue weighted by molar-refractivity contribution is -0.170. The van der Waals surface area contributed by atoms with Crippen molar-refractivity contribution in [3.05, 3.63) is 11.6 Å². The summed E-state index contributed by atoms with van der Waals surface area (Å²) in [5.41, 5.74) is 0.726. The maximum absolute atomic E-state index is 13.9. The highest BCUT2D eigenvalue weighted by Crippen LogP contribution is 2.69. The van der Waals surface area contributed by atoms with Gasteiger partial charge in [0.2, 0.25) is 0 Å². The largest absolute Gasteiger partial charge is 0.481 e. The topological polar surface area (TPSA) is 54.4 Å². The van der Waals surface area contributed by atoms with Gasteiger partial charge >= 0.3 is 5.97 Å². The van der Waals surface area contributed by atoms with Crippen molar-refractivity contribution in [1.82, 2.24) is 0 Å². The molecule has 3 heteroatoms. The van der Waals surface area contributed by atoms with E-state index in [1.807, 2.05) is 6.08 Å². The Balaban J connectivity index is 1.61. The van der Waals surface area contributed by atoms with Crippen LogP contribution >= 0.6 is 0 Å². The van der Waals surface area contributed by atoms with E-state index in [-0.39, 0.29) is 22.7 Å². The standard InChI is InChI=1S/C27H40O3/c1-16-7-5-11-25(3)19(16)9-13-26(4)20-10-14-27(24(29)30)12-6-8-17(2)22(27)18(20)15-21(28)23(25)26/h15-17,19-20,22-23H,5-14H2,1-4H3,(H,29,30). The first-order chi connectivity index (χ1) is 14.1. The Morgan fingerprint density at radius 1 is 0.933 bits per heavy atom. The molecule has 9 unspecified atom stereocenters. The number of carbonyl (C=O) groups is 2. The van der Waals surface area contributed by atoms with Gasteiger partial charge in [0.1, 0.15) is 0 Å². The smallest absolute Gasteiger partial charge is 0.310 e. The highest BCUT2D eigenvalue weighted by molar-refractivity contribution is 5.95. The van der Waals surface area contributed by atoms with Crippen molar-refractivity contribution >= 4 is 11.8 Å². The molecule has 0 radical (unpaired) electrons. The molecule has 9 atom stereocenters. The van der Waals surface area contributed by atoms with Crippen LogP contribution in [0.1, 0.15) is 91.9 Å². The number of carboxylic acids is 1. The zero-order valence-corrected chi connectivity index (χ0v) is 19.4. The monoisotopic (exact) mass is 412 g/mol. The Kier molecular flexibility index (Phi) is 4.63. The van der Waals surface area contributed by atoms with Crippen molar-refractivity contribution in [3.63, 3.8) is 0 Å². The van der Waals surface area contributed by atoms with Crippen molar-refractivity contribution in [2.75, 3.05) is 0 Å². The maximum atomic E-state index is 13.9. The fourth-order valence-electron chi connectivity index (χ4n) is 10.0. The predicted molar refractivity (Wildman–Crippen MR) is 118 cm³/mol. The van der Waals surface area contributed by atoms with Gasteiger partial charge in [-0.3, -0.25) is 9.59 Å². The average Bonchev–Trinajstić information content (AvgIpc) is 2.66. The highest BCUT2D eigenvalue weighted by Gasteiger charge is 2.65. The fourth-order valence-corrected chi connectivity index (χ4v) is 10.0. The van der Waals surface area contributed by atoms with Crippen LogP contribution in [-0.2, 0) is 9.59 Å². The van der Waals surface area contributed by atoms with Gasteiger partial charge in [-0.1, -0.05) is 59.0 Å². The number of fused-ring (bicyclic) bond motifs is 7. The van der Waals surface area contributed by atoms with Crippen molar-refractivity contribution in [2.45, 2.75) is 91.9 Å². The van der Waals surface area contributed by atoms with Crippen LogP contribution in [0.25, 0.3) is 0 Å². The molecule has 3 nitrogen and oxygen atoms in total. The van der Waals surface area contributed by atoms with Gasteiger partial charge in [0.15, 0.2) is 5.78 Å². The lowest BCUT2D eigenvalue weighted by Gasteiger charge is -2.65. The third kappa shape index (κ3) is 2.50. The molecule has 0 aliphatic heterocycles. The van der Waals surface area contributed by atoms with Crippen LogP contribution in [0.5, 0.6) is 0 Å². The Bertz CT molecular complexity index is 798. The number of allylic oxidation sites excluding steroid dienone is 2. The summed E-state index contributed by atoms with van der Waals surface area (Å²) in [4.78, 5) is 26.4. The number of aliphatic carboxylic acids is 1. The molecule has 4 fully saturated rings. The lowest BCUT2D eigenvalue weighted by Crippen LogP contribution is -2.61. The zero-order chi connectivity index (χ0) is 21.5. The van der Waals surface area contributed by atoms with E-state index in [9.17, 15) is 14.7 Å². The fraction of sp³-hybridized carbons (Fsp3) is 0.852.